The van der Waals surface area contributed by atoms with Crippen molar-refractivity contribution < 1.29 is 0 Å². The van der Waals surface area contributed by atoms with Gasteiger partial charge >= 0.3 is 0 Å². The zero-order valence-corrected chi connectivity index (χ0v) is 16.8. The first-order valence-electron chi connectivity index (χ1n) is 9.94. The predicted molar refractivity (Wildman–Crippen MR) is 114 cm³/mol. The molecule has 1 saturated heterocycles. The van der Waals surface area contributed by atoms with Crippen LogP contribution in [0.2, 0.25) is 0 Å². The summed E-state index contributed by atoms with van der Waals surface area (Å²) in [5.41, 5.74) is 2.35. The topological polar surface area (TPSA) is 56.3 Å². The van der Waals surface area contributed by atoms with Crippen LogP contribution in [0.1, 0.15) is 26.2 Å². The van der Waals surface area contributed by atoms with Gasteiger partial charge in [-0.3, -0.25) is 0 Å². The van der Waals surface area contributed by atoms with Gasteiger partial charge in [0.1, 0.15) is 5.82 Å². The highest BCUT2D eigenvalue weighted by Gasteiger charge is 2.15. The minimum absolute atomic E-state index is 0.665. The van der Waals surface area contributed by atoms with Gasteiger partial charge in [0.15, 0.2) is 0 Å². The Morgan fingerprint density at radius 2 is 1.85 bits per heavy atom. The second kappa shape index (κ2) is 9.55. The Bertz CT molecular complexity index is 692. The normalized spacial score (nSPS) is 15.2. The summed E-state index contributed by atoms with van der Waals surface area (Å²) >= 11 is 0. The first-order chi connectivity index (χ1) is 13.1. The molecule has 2 N–H and O–H groups in total. The number of anilines is 4. The maximum atomic E-state index is 4.55. The van der Waals surface area contributed by atoms with Crippen LogP contribution < -0.4 is 15.5 Å². The van der Waals surface area contributed by atoms with E-state index in [1.807, 2.05) is 6.07 Å². The molecule has 2 aromatic rings. The van der Waals surface area contributed by atoms with E-state index in [2.05, 4.69) is 75.7 Å². The van der Waals surface area contributed by atoms with Crippen LogP contribution in [0.4, 0.5) is 23.1 Å². The van der Waals surface area contributed by atoms with Crippen molar-refractivity contribution in [3.05, 3.63) is 36.5 Å². The van der Waals surface area contributed by atoms with Crippen LogP contribution in [0, 0.1) is 5.92 Å². The van der Waals surface area contributed by atoms with Crippen LogP contribution in [-0.4, -0.2) is 55.1 Å². The van der Waals surface area contributed by atoms with Gasteiger partial charge in [0.2, 0.25) is 5.95 Å². The molecular weight excluding hydrogens is 336 g/mol. The highest BCUT2D eigenvalue weighted by atomic mass is 15.1. The molecule has 3 rings (SSSR count). The van der Waals surface area contributed by atoms with Gasteiger partial charge in [-0.2, -0.15) is 4.98 Å². The first kappa shape index (κ1) is 19.4. The van der Waals surface area contributed by atoms with Crippen molar-refractivity contribution in [2.45, 2.75) is 26.2 Å². The number of nitrogens with zero attached hydrogens (tertiary/aromatic N) is 4. The number of piperidine rings is 1. The summed E-state index contributed by atoms with van der Waals surface area (Å²) in [4.78, 5) is 13.5. The Morgan fingerprint density at radius 1 is 1.11 bits per heavy atom. The number of rotatable bonds is 8. The minimum atomic E-state index is 0.665. The van der Waals surface area contributed by atoms with Gasteiger partial charge < -0.3 is 20.4 Å². The second-order valence-electron chi connectivity index (χ2n) is 7.69. The summed E-state index contributed by atoms with van der Waals surface area (Å²) in [7, 11) is 4.16. The zero-order chi connectivity index (χ0) is 19.1. The Kier molecular flexibility index (Phi) is 6.87. The van der Waals surface area contributed by atoms with E-state index in [-0.39, 0.29) is 0 Å². The Morgan fingerprint density at radius 3 is 2.56 bits per heavy atom. The van der Waals surface area contributed by atoms with Crippen molar-refractivity contribution in [3.8, 4) is 0 Å². The molecule has 6 heteroatoms. The van der Waals surface area contributed by atoms with Crippen molar-refractivity contribution in [2.75, 3.05) is 55.8 Å². The molecule has 0 unspecified atom stereocenters. The van der Waals surface area contributed by atoms with Gasteiger partial charge in [0, 0.05) is 37.2 Å². The fourth-order valence-electron chi connectivity index (χ4n) is 3.28. The van der Waals surface area contributed by atoms with Crippen molar-refractivity contribution in [2.24, 2.45) is 5.92 Å². The molecule has 0 amide bonds. The molecule has 0 bridgehead atoms. The zero-order valence-electron chi connectivity index (χ0n) is 16.8. The summed E-state index contributed by atoms with van der Waals surface area (Å²) in [5.74, 6) is 2.32. The molecule has 0 aliphatic carbocycles. The van der Waals surface area contributed by atoms with Gasteiger partial charge in [-0.25, -0.2) is 4.98 Å². The number of benzene rings is 1. The molecule has 27 heavy (non-hydrogen) atoms. The molecule has 6 nitrogen and oxygen atoms in total. The molecule has 0 spiro atoms. The Hall–Kier alpha value is -2.34. The maximum Gasteiger partial charge on any atom is 0.224 e. The molecular formula is C21H32N6. The summed E-state index contributed by atoms with van der Waals surface area (Å²) in [6, 6.07) is 10.5. The molecule has 1 aliphatic rings. The molecule has 0 radical (unpaired) electrons. The summed E-state index contributed by atoms with van der Waals surface area (Å²) in [5, 5.41) is 6.66. The first-order valence-corrected chi connectivity index (χ1v) is 9.94. The summed E-state index contributed by atoms with van der Waals surface area (Å²) in [6.45, 7) is 6.57. The van der Waals surface area contributed by atoms with Gasteiger partial charge in [0.25, 0.3) is 0 Å². The van der Waals surface area contributed by atoms with Crippen molar-refractivity contribution in [1.29, 1.82) is 0 Å². The largest absolute Gasteiger partial charge is 0.372 e. The van der Waals surface area contributed by atoms with Gasteiger partial charge in [-0.05, 0) is 76.2 Å². The third-order valence-corrected chi connectivity index (χ3v) is 5.01. The molecule has 1 aliphatic heterocycles. The number of hydrogen-bond acceptors (Lipinski definition) is 6. The molecule has 1 aromatic heterocycles. The van der Waals surface area contributed by atoms with E-state index in [0.717, 1.165) is 50.0 Å². The molecule has 1 fully saturated rings. The fourth-order valence-corrected chi connectivity index (χ4v) is 3.28. The molecule has 146 valence electrons. The summed E-state index contributed by atoms with van der Waals surface area (Å²) < 4.78 is 0. The van der Waals surface area contributed by atoms with Crippen LogP contribution in [0.3, 0.4) is 0 Å². The molecule has 2 heterocycles. The monoisotopic (exact) mass is 368 g/mol. The number of nitrogens with one attached hydrogen (secondary N) is 2. The lowest BCUT2D eigenvalue weighted by molar-refractivity contribution is 0.405. The van der Waals surface area contributed by atoms with Gasteiger partial charge in [-0.1, -0.05) is 6.92 Å². The highest BCUT2D eigenvalue weighted by Crippen LogP contribution is 2.25. The van der Waals surface area contributed by atoms with Crippen LogP contribution >= 0.6 is 0 Å². The van der Waals surface area contributed by atoms with Crippen molar-refractivity contribution in [1.82, 2.24) is 14.9 Å². The average molecular weight is 369 g/mol. The fraction of sp³-hybridized carbons (Fsp3) is 0.524. The van der Waals surface area contributed by atoms with Crippen LogP contribution in [0.25, 0.3) is 0 Å². The van der Waals surface area contributed by atoms with E-state index in [9.17, 15) is 0 Å². The van der Waals surface area contributed by atoms with Gasteiger partial charge in [-0.15, -0.1) is 0 Å². The number of aromatic nitrogens is 2. The van der Waals surface area contributed by atoms with E-state index in [4.69, 9.17) is 0 Å². The summed E-state index contributed by atoms with van der Waals surface area (Å²) in [6.07, 6.45) is 5.41. The van der Waals surface area contributed by atoms with Gasteiger partial charge in [0.05, 0.1) is 0 Å². The Labute approximate surface area is 163 Å². The number of hydrogen-bond donors (Lipinski definition) is 2. The van der Waals surface area contributed by atoms with E-state index >= 15 is 0 Å². The predicted octanol–water partition coefficient (Wildman–Crippen LogP) is 3.82. The molecule has 0 atom stereocenters. The SMILES string of the molecule is CC1CCN(c2ccc(Nc3ccnc(NCCCN(C)C)n3)cc2)CC1. The average Bonchev–Trinajstić information content (AvgIpc) is 2.67. The second-order valence-corrected chi connectivity index (χ2v) is 7.69. The van der Waals surface area contributed by atoms with E-state index in [1.165, 1.54) is 18.5 Å². The van der Waals surface area contributed by atoms with E-state index in [1.54, 1.807) is 6.20 Å². The highest BCUT2D eigenvalue weighted by molar-refractivity contribution is 5.61. The Balaban J connectivity index is 1.53. The lowest BCUT2D eigenvalue weighted by Crippen LogP contribution is -2.32. The smallest absolute Gasteiger partial charge is 0.224 e. The standard InChI is InChI=1S/C21H32N6/c1-17-10-15-27(16-11-17)19-7-5-18(6-8-19)24-20-9-13-23-21(25-20)22-12-4-14-26(2)3/h5-9,13,17H,4,10-12,14-16H2,1-3H3,(H2,22,23,24,25). The van der Waals surface area contributed by atoms with Crippen molar-refractivity contribution in [3.63, 3.8) is 0 Å². The van der Waals surface area contributed by atoms with E-state index < -0.39 is 0 Å². The third kappa shape index (κ3) is 6.10. The minimum Gasteiger partial charge on any atom is -0.372 e. The molecule has 1 aromatic carbocycles. The van der Waals surface area contributed by atoms with Crippen LogP contribution in [0.15, 0.2) is 36.5 Å². The maximum absolute atomic E-state index is 4.55. The van der Waals surface area contributed by atoms with E-state index in [0.29, 0.717) is 5.95 Å². The quantitative estimate of drug-likeness (QED) is 0.691. The lowest BCUT2D eigenvalue weighted by atomic mass is 9.99. The van der Waals surface area contributed by atoms with Crippen LogP contribution in [-0.2, 0) is 0 Å². The molecule has 0 saturated carbocycles. The van der Waals surface area contributed by atoms with Crippen LogP contribution in [0.5, 0.6) is 0 Å². The third-order valence-electron chi connectivity index (χ3n) is 5.01. The lowest BCUT2D eigenvalue weighted by Gasteiger charge is -2.32. The van der Waals surface area contributed by atoms with Crippen molar-refractivity contribution >= 4 is 23.1 Å².